The van der Waals surface area contributed by atoms with Crippen molar-refractivity contribution in [3.8, 4) is 0 Å². The first kappa shape index (κ1) is 11.4. The number of nitrogens with zero attached hydrogens (tertiary/aromatic N) is 1. The lowest BCUT2D eigenvalue weighted by Crippen LogP contribution is -2.47. The third-order valence-corrected chi connectivity index (χ3v) is 3.98. The highest BCUT2D eigenvalue weighted by Gasteiger charge is 2.46. The fourth-order valence-corrected chi connectivity index (χ4v) is 3.28. The second-order valence-corrected chi connectivity index (χ2v) is 6.04. The molecule has 0 aromatic rings. The monoisotopic (exact) mass is 211 g/mol. The molecular weight excluding hydrogens is 186 g/mol. The fourth-order valence-electron chi connectivity index (χ4n) is 3.28. The Bertz CT molecular complexity index is 221. The Morgan fingerprint density at radius 1 is 1.33 bits per heavy atom. The minimum absolute atomic E-state index is 0.293. The molecule has 2 aliphatic heterocycles. The molecule has 0 spiro atoms. The summed E-state index contributed by atoms with van der Waals surface area (Å²) in [5, 5.41) is 0. The van der Waals surface area contributed by atoms with E-state index >= 15 is 0 Å². The van der Waals surface area contributed by atoms with Crippen LogP contribution in [0.25, 0.3) is 0 Å². The predicted octanol–water partition coefficient (Wildman–Crippen LogP) is 2.67. The van der Waals surface area contributed by atoms with Crippen LogP contribution in [0.5, 0.6) is 0 Å². The van der Waals surface area contributed by atoms with Crippen molar-refractivity contribution in [3.05, 3.63) is 0 Å². The van der Waals surface area contributed by atoms with E-state index in [4.69, 9.17) is 4.74 Å². The van der Waals surface area contributed by atoms with Crippen molar-refractivity contribution in [1.29, 1.82) is 0 Å². The molecule has 2 saturated heterocycles. The van der Waals surface area contributed by atoms with Gasteiger partial charge in [0.1, 0.15) is 0 Å². The molecule has 2 rings (SSSR count). The summed E-state index contributed by atoms with van der Waals surface area (Å²) in [6.45, 7) is 11.5. The van der Waals surface area contributed by atoms with Crippen LogP contribution in [-0.4, -0.2) is 35.7 Å². The molecule has 2 aliphatic rings. The summed E-state index contributed by atoms with van der Waals surface area (Å²) in [6, 6.07) is 0.648. The minimum atomic E-state index is 0.293. The van der Waals surface area contributed by atoms with Gasteiger partial charge in [-0.15, -0.1) is 0 Å². The van der Waals surface area contributed by atoms with Crippen LogP contribution in [0.3, 0.4) is 0 Å². The normalized spacial score (nSPS) is 38.0. The Balaban J connectivity index is 2.14. The van der Waals surface area contributed by atoms with Gasteiger partial charge in [0.05, 0.1) is 6.10 Å². The molecule has 0 saturated carbocycles. The van der Waals surface area contributed by atoms with Crippen molar-refractivity contribution in [2.75, 3.05) is 13.2 Å². The molecule has 2 fully saturated rings. The Labute approximate surface area is 94.0 Å². The zero-order valence-corrected chi connectivity index (χ0v) is 10.6. The van der Waals surface area contributed by atoms with Crippen molar-refractivity contribution in [2.45, 2.75) is 64.6 Å². The number of rotatable bonds is 1. The lowest BCUT2D eigenvalue weighted by molar-refractivity contribution is -0.0308. The summed E-state index contributed by atoms with van der Waals surface area (Å²) >= 11 is 0. The van der Waals surface area contributed by atoms with Crippen LogP contribution in [-0.2, 0) is 4.74 Å². The van der Waals surface area contributed by atoms with E-state index in [0.717, 1.165) is 12.5 Å². The molecule has 3 unspecified atom stereocenters. The number of hydrogen-bond acceptors (Lipinski definition) is 2. The van der Waals surface area contributed by atoms with E-state index in [1.54, 1.807) is 0 Å². The summed E-state index contributed by atoms with van der Waals surface area (Å²) in [5.74, 6) is 0.794. The average Bonchev–Trinajstić information content (AvgIpc) is 2.55. The first-order chi connectivity index (χ1) is 7.04. The van der Waals surface area contributed by atoms with Gasteiger partial charge in [0, 0.05) is 24.7 Å². The van der Waals surface area contributed by atoms with E-state index in [1.807, 2.05) is 0 Å². The fraction of sp³-hybridized carbons (Fsp3) is 1.00. The van der Waals surface area contributed by atoms with Crippen molar-refractivity contribution in [3.63, 3.8) is 0 Å². The van der Waals surface area contributed by atoms with E-state index in [2.05, 4.69) is 32.6 Å². The number of ether oxygens (including phenoxy) is 1. The average molecular weight is 211 g/mol. The van der Waals surface area contributed by atoms with Gasteiger partial charge in [-0.2, -0.15) is 0 Å². The standard InChI is InChI=1S/C13H25NO/c1-5-11-12-10(7-6-8-15-12)9-14(11)13(2,3)4/h10-12H,5-9H2,1-4H3. The summed E-state index contributed by atoms with van der Waals surface area (Å²) in [5.41, 5.74) is 0.293. The van der Waals surface area contributed by atoms with E-state index < -0.39 is 0 Å². The topological polar surface area (TPSA) is 12.5 Å². The molecule has 0 aromatic heterocycles. The smallest absolute Gasteiger partial charge is 0.0770 e. The molecule has 2 heterocycles. The molecule has 0 bridgehead atoms. The van der Waals surface area contributed by atoms with Crippen LogP contribution in [0, 0.1) is 5.92 Å². The minimum Gasteiger partial charge on any atom is -0.376 e. The highest BCUT2D eigenvalue weighted by Crippen LogP contribution is 2.38. The first-order valence-electron chi connectivity index (χ1n) is 6.42. The maximum absolute atomic E-state index is 5.99. The van der Waals surface area contributed by atoms with Crippen LogP contribution in [0.2, 0.25) is 0 Å². The van der Waals surface area contributed by atoms with E-state index in [1.165, 1.54) is 25.8 Å². The Kier molecular flexibility index (Phi) is 3.09. The van der Waals surface area contributed by atoms with Crippen LogP contribution in [0.4, 0.5) is 0 Å². The molecule has 0 aromatic carbocycles. The highest BCUT2D eigenvalue weighted by atomic mass is 16.5. The summed E-state index contributed by atoms with van der Waals surface area (Å²) < 4.78 is 5.99. The van der Waals surface area contributed by atoms with E-state index in [-0.39, 0.29) is 0 Å². The van der Waals surface area contributed by atoms with Gasteiger partial charge in [0.15, 0.2) is 0 Å². The maximum atomic E-state index is 5.99. The van der Waals surface area contributed by atoms with Crippen LogP contribution in [0.15, 0.2) is 0 Å². The third kappa shape index (κ3) is 2.07. The molecule has 15 heavy (non-hydrogen) atoms. The second kappa shape index (κ2) is 4.06. The predicted molar refractivity (Wildman–Crippen MR) is 63.0 cm³/mol. The zero-order valence-electron chi connectivity index (χ0n) is 10.6. The molecule has 88 valence electrons. The van der Waals surface area contributed by atoms with Crippen molar-refractivity contribution >= 4 is 0 Å². The maximum Gasteiger partial charge on any atom is 0.0770 e. The zero-order chi connectivity index (χ0) is 11.1. The highest BCUT2D eigenvalue weighted by molar-refractivity contribution is 4.99. The Morgan fingerprint density at radius 3 is 2.67 bits per heavy atom. The Hall–Kier alpha value is -0.0800. The lowest BCUT2D eigenvalue weighted by atomic mass is 9.93. The molecule has 0 N–H and O–H groups in total. The molecule has 2 heteroatoms. The van der Waals surface area contributed by atoms with Gasteiger partial charge in [-0.3, -0.25) is 4.90 Å². The number of hydrogen-bond donors (Lipinski definition) is 0. The summed E-state index contributed by atoms with van der Waals surface area (Å²) in [7, 11) is 0. The van der Waals surface area contributed by atoms with Gasteiger partial charge in [-0.25, -0.2) is 0 Å². The van der Waals surface area contributed by atoms with E-state index in [0.29, 0.717) is 17.7 Å². The van der Waals surface area contributed by atoms with E-state index in [9.17, 15) is 0 Å². The largest absolute Gasteiger partial charge is 0.376 e. The van der Waals surface area contributed by atoms with Gasteiger partial charge in [-0.05, 0) is 46.0 Å². The summed E-state index contributed by atoms with van der Waals surface area (Å²) in [4.78, 5) is 2.66. The lowest BCUT2D eigenvalue weighted by Gasteiger charge is -2.38. The van der Waals surface area contributed by atoms with Gasteiger partial charge < -0.3 is 4.74 Å². The number of likely N-dealkylation sites (tertiary alicyclic amines) is 1. The van der Waals surface area contributed by atoms with Gasteiger partial charge in [0.2, 0.25) is 0 Å². The molecule has 0 amide bonds. The molecule has 0 radical (unpaired) electrons. The molecule has 3 atom stereocenters. The Morgan fingerprint density at radius 2 is 2.07 bits per heavy atom. The first-order valence-corrected chi connectivity index (χ1v) is 6.42. The van der Waals surface area contributed by atoms with Crippen LogP contribution < -0.4 is 0 Å². The molecule has 2 nitrogen and oxygen atoms in total. The molecular formula is C13H25NO. The molecule has 0 aliphatic carbocycles. The van der Waals surface area contributed by atoms with Gasteiger partial charge in [-0.1, -0.05) is 6.92 Å². The van der Waals surface area contributed by atoms with Crippen molar-refractivity contribution in [1.82, 2.24) is 4.90 Å². The number of fused-ring (bicyclic) bond motifs is 1. The summed E-state index contributed by atoms with van der Waals surface area (Å²) in [6.07, 6.45) is 4.37. The SMILES string of the molecule is CCC1C2OCCCC2CN1C(C)(C)C. The van der Waals surface area contributed by atoms with Crippen LogP contribution in [0.1, 0.15) is 47.0 Å². The van der Waals surface area contributed by atoms with Gasteiger partial charge >= 0.3 is 0 Å². The van der Waals surface area contributed by atoms with Crippen molar-refractivity contribution < 1.29 is 4.74 Å². The second-order valence-electron chi connectivity index (χ2n) is 6.04. The quantitative estimate of drug-likeness (QED) is 0.661. The van der Waals surface area contributed by atoms with Gasteiger partial charge in [0.25, 0.3) is 0 Å². The third-order valence-electron chi connectivity index (χ3n) is 3.98. The van der Waals surface area contributed by atoms with Crippen LogP contribution >= 0.6 is 0 Å². The van der Waals surface area contributed by atoms with Crippen molar-refractivity contribution in [2.24, 2.45) is 5.92 Å².